The van der Waals surface area contributed by atoms with Crippen molar-refractivity contribution in [3.8, 4) is 0 Å². The molecule has 1 spiro atoms. The predicted octanol–water partition coefficient (Wildman–Crippen LogP) is 3.95. The van der Waals surface area contributed by atoms with E-state index in [9.17, 15) is 9.59 Å². The largest absolute Gasteiger partial charge is 0.472 e. The molecule has 0 saturated carbocycles. The number of hydrogen-bond acceptors (Lipinski definition) is 5. The first-order chi connectivity index (χ1) is 15.5. The van der Waals surface area contributed by atoms with Gasteiger partial charge in [-0.15, -0.1) is 0 Å². The number of likely N-dealkylation sites (tertiary alicyclic amines) is 1. The molecular formula is C25H34N4O3. The molecule has 4 heterocycles. The van der Waals surface area contributed by atoms with E-state index < -0.39 is 5.54 Å². The summed E-state index contributed by atoms with van der Waals surface area (Å²) >= 11 is 0. The molecule has 3 amide bonds. The Morgan fingerprint density at radius 3 is 2.47 bits per heavy atom. The smallest absolute Gasteiger partial charge is 0.327 e. The minimum absolute atomic E-state index is 0.00365. The van der Waals surface area contributed by atoms with Crippen LogP contribution in [0.1, 0.15) is 50.7 Å². The first-order valence-electron chi connectivity index (χ1n) is 11.8. The Hall–Kier alpha value is -2.67. The molecule has 2 aliphatic heterocycles. The van der Waals surface area contributed by atoms with Gasteiger partial charge in [-0.1, -0.05) is 13.8 Å². The summed E-state index contributed by atoms with van der Waals surface area (Å²) in [5.41, 5.74) is 1.64. The number of urea groups is 1. The summed E-state index contributed by atoms with van der Waals surface area (Å²) in [4.78, 5) is 36.8. The molecule has 32 heavy (non-hydrogen) atoms. The first kappa shape index (κ1) is 22.5. The van der Waals surface area contributed by atoms with Gasteiger partial charge in [0, 0.05) is 50.7 Å². The highest BCUT2D eigenvalue weighted by molar-refractivity contribution is 6.07. The number of piperidine rings is 1. The molecule has 2 fully saturated rings. The number of furan rings is 1. The molecule has 2 saturated heterocycles. The van der Waals surface area contributed by atoms with Gasteiger partial charge >= 0.3 is 6.03 Å². The zero-order valence-electron chi connectivity index (χ0n) is 19.2. The number of aromatic nitrogens is 1. The number of carbonyl (C=O) groups excluding carboxylic acids is 2. The number of nitrogens with zero attached hydrogens (tertiary/aromatic N) is 4. The van der Waals surface area contributed by atoms with Crippen LogP contribution in [0.3, 0.4) is 0 Å². The molecule has 0 aliphatic carbocycles. The van der Waals surface area contributed by atoms with Crippen LogP contribution in [0.15, 0.2) is 47.5 Å². The summed E-state index contributed by atoms with van der Waals surface area (Å²) in [6.07, 6.45) is 10.9. The van der Waals surface area contributed by atoms with Crippen molar-refractivity contribution in [3.63, 3.8) is 0 Å². The van der Waals surface area contributed by atoms with Crippen molar-refractivity contribution in [1.82, 2.24) is 19.7 Å². The fraction of sp³-hybridized carbons (Fsp3) is 0.560. The molecule has 4 rings (SSSR count). The van der Waals surface area contributed by atoms with Crippen molar-refractivity contribution in [1.29, 1.82) is 0 Å². The summed E-state index contributed by atoms with van der Waals surface area (Å²) in [7, 11) is 0. The Morgan fingerprint density at radius 1 is 1.06 bits per heavy atom. The molecule has 0 unspecified atom stereocenters. The lowest BCUT2D eigenvalue weighted by Gasteiger charge is -2.42. The average Bonchev–Trinajstić information content (AvgIpc) is 3.36. The number of hydrogen-bond donors (Lipinski definition) is 0. The number of amides is 3. The van der Waals surface area contributed by atoms with Crippen molar-refractivity contribution in [3.05, 3.63) is 54.2 Å². The lowest BCUT2D eigenvalue weighted by molar-refractivity contribution is -0.135. The number of aryl methyl sites for hydroxylation is 1. The van der Waals surface area contributed by atoms with Gasteiger partial charge in [0.25, 0.3) is 5.91 Å². The predicted molar refractivity (Wildman–Crippen MR) is 122 cm³/mol. The van der Waals surface area contributed by atoms with Crippen LogP contribution in [0.4, 0.5) is 4.79 Å². The molecular weight excluding hydrogens is 404 g/mol. The maximum Gasteiger partial charge on any atom is 0.327 e. The van der Waals surface area contributed by atoms with Crippen molar-refractivity contribution in [2.24, 2.45) is 5.92 Å². The summed E-state index contributed by atoms with van der Waals surface area (Å²) in [5, 5.41) is 0. The number of imide groups is 1. The summed E-state index contributed by atoms with van der Waals surface area (Å²) in [5.74, 6) is 0.487. The highest BCUT2D eigenvalue weighted by Gasteiger charge is 2.57. The Balaban J connectivity index is 1.43. The van der Waals surface area contributed by atoms with Gasteiger partial charge in [-0.25, -0.2) is 4.79 Å². The maximum atomic E-state index is 13.6. The molecule has 2 aliphatic rings. The number of carbonyl (C=O) groups is 2. The van der Waals surface area contributed by atoms with E-state index in [2.05, 4.69) is 23.7 Å². The highest BCUT2D eigenvalue weighted by atomic mass is 16.3. The van der Waals surface area contributed by atoms with E-state index in [4.69, 9.17) is 4.42 Å². The fourth-order valence-electron chi connectivity index (χ4n) is 4.87. The van der Waals surface area contributed by atoms with Gasteiger partial charge in [0.15, 0.2) is 0 Å². The monoisotopic (exact) mass is 438 g/mol. The van der Waals surface area contributed by atoms with E-state index in [0.717, 1.165) is 44.5 Å². The van der Waals surface area contributed by atoms with Crippen LogP contribution in [0.2, 0.25) is 0 Å². The third kappa shape index (κ3) is 4.72. The molecule has 7 heteroatoms. The van der Waals surface area contributed by atoms with Crippen molar-refractivity contribution >= 4 is 11.9 Å². The lowest BCUT2D eigenvalue weighted by Crippen LogP contribution is -2.56. The Bertz CT molecular complexity index is 889. The van der Waals surface area contributed by atoms with Gasteiger partial charge in [-0.2, -0.15) is 0 Å². The van der Waals surface area contributed by atoms with Gasteiger partial charge in [0.1, 0.15) is 5.54 Å². The van der Waals surface area contributed by atoms with Crippen molar-refractivity contribution in [2.45, 2.75) is 58.0 Å². The van der Waals surface area contributed by atoms with Gasteiger partial charge in [-0.3, -0.25) is 19.6 Å². The molecule has 2 aromatic heterocycles. The van der Waals surface area contributed by atoms with Crippen LogP contribution in [-0.4, -0.2) is 63.3 Å². The Labute approximate surface area is 190 Å². The van der Waals surface area contributed by atoms with Gasteiger partial charge in [0.05, 0.1) is 12.5 Å². The van der Waals surface area contributed by atoms with E-state index in [1.54, 1.807) is 24.9 Å². The minimum Gasteiger partial charge on any atom is -0.472 e. The summed E-state index contributed by atoms with van der Waals surface area (Å²) in [6.45, 7) is 7.85. The third-order valence-corrected chi connectivity index (χ3v) is 6.82. The maximum absolute atomic E-state index is 13.6. The van der Waals surface area contributed by atoms with Crippen molar-refractivity contribution in [2.75, 3.05) is 26.2 Å². The van der Waals surface area contributed by atoms with Crippen LogP contribution in [-0.2, 0) is 17.8 Å². The normalized spacial score (nSPS) is 19.0. The number of rotatable bonds is 9. The molecule has 0 N–H and O–H groups in total. The van der Waals surface area contributed by atoms with E-state index in [1.165, 1.54) is 10.5 Å². The summed E-state index contributed by atoms with van der Waals surface area (Å²) in [6, 6.07) is 5.85. The molecule has 0 radical (unpaired) electrons. The van der Waals surface area contributed by atoms with Crippen LogP contribution >= 0.6 is 0 Å². The highest BCUT2D eigenvalue weighted by Crippen LogP contribution is 2.38. The fourth-order valence-corrected chi connectivity index (χ4v) is 4.87. The molecule has 0 bridgehead atoms. The third-order valence-electron chi connectivity index (χ3n) is 6.82. The van der Waals surface area contributed by atoms with E-state index in [1.807, 2.05) is 23.1 Å². The Morgan fingerprint density at radius 2 is 1.81 bits per heavy atom. The average molecular weight is 439 g/mol. The molecule has 2 aromatic rings. The first-order valence-corrected chi connectivity index (χ1v) is 11.8. The second-order valence-electron chi connectivity index (χ2n) is 9.47. The van der Waals surface area contributed by atoms with Crippen LogP contribution in [0, 0.1) is 5.92 Å². The summed E-state index contributed by atoms with van der Waals surface area (Å²) < 4.78 is 5.19. The second-order valence-corrected chi connectivity index (χ2v) is 9.47. The van der Waals surface area contributed by atoms with E-state index in [-0.39, 0.29) is 11.9 Å². The van der Waals surface area contributed by atoms with Gasteiger partial charge < -0.3 is 9.32 Å². The van der Waals surface area contributed by atoms with Crippen LogP contribution < -0.4 is 0 Å². The molecule has 7 nitrogen and oxygen atoms in total. The van der Waals surface area contributed by atoms with Crippen LogP contribution in [0.5, 0.6) is 0 Å². The van der Waals surface area contributed by atoms with Crippen LogP contribution in [0.25, 0.3) is 0 Å². The van der Waals surface area contributed by atoms with E-state index in [0.29, 0.717) is 31.8 Å². The molecule has 0 aromatic carbocycles. The molecule has 0 atom stereocenters. The SMILES string of the molecule is CC(C)CCN1C(=O)N(CCCc2ccncc2)C(=O)C12CCN(Cc1ccoc1)CC2. The molecule has 172 valence electrons. The lowest BCUT2D eigenvalue weighted by atomic mass is 9.85. The second kappa shape index (κ2) is 9.86. The Kier molecular flexibility index (Phi) is 6.94. The van der Waals surface area contributed by atoms with Gasteiger partial charge in [0.2, 0.25) is 0 Å². The van der Waals surface area contributed by atoms with Gasteiger partial charge in [-0.05, 0) is 61.8 Å². The topological polar surface area (TPSA) is 69.9 Å². The minimum atomic E-state index is -0.685. The van der Waals surface area contributed by atoms with Crippen molar-refractivity contribution < 1.29 is 14.0 Å². The van der Waals surface area contributed by atoms with E-state index >= 15 is 0 Å². The zero-order valence-corrected chi connectivity index (χ0v) is 19.2. The number of pyridine rings is 1. The quantitative estimate of drug-likeness (QED) is 0.555. The zero-order chi connectivity index (χ0) is 22.6. The standard InChI is InChI=1S/C25H34N4O3/c1-20(2)7-14-29-24(31)28(13-3-4-21-5-11-26-12-6-21)23(30)25(29)9-15-27(16-10-25)18-22-8-17-32-19-22/h5-6,8,11-12,17,19-20H,3-4,7,9-10,13-16,18H2,1-2H3.